The van der Waals surface area contributed by atoms with E-state index in [1.807, 2.05) is 13.8 Å². The molecule has 0 aromatic heterocycles. The third-order valence-electron chi connectivity index (χ3n) is 6.28. The van der Waals surface area contributed by atoms with Crippen LogP contribution < -0.4 is 4.90 Å². The second-order valence-electron chi connectivity index (χ2n) is 8.25. The van der Waals surface area contributed by atoms with Crippen LogP contribution in [0, 0.1) is 11.7 Å². The van der Waals surface area contributed by atoms with Crippen molar-refractivity contribution in [1.29, 1.82) is 0 Å². The average molecular weight is 536 g/mol. The fourth-order valence-electron chi connectivity index (χ4n) is 4.36. The third-order valence-corrected chi connectivity index (χ3v) is 8.52. The molecule has 2 aliphatic rings. The van der Waals surface area contributed by atoms with E-state index in [2.05, 4.69) is 0 Å². The summed E-state index contributed by atoms with van der Waals surface area (Å²) in [6, 6.07) is 10.1. The van der Waals surface area contributed by atoms with E-state index in [1.165, 1.54) is 40.9 Å². The van der Waals surface area contributed by atoms with E-state index in [1.54, 1.807) is 30.0 Å². The maximum absolute atomic E-state index is 14.6. The first-order valence-corrected chi connectivity index (χ1v) is 12.8. The number of fused-ring (bicyclic) bond motifs is 1. The van der Waals surface area contributed by atoms with Crippen LogP contribution in [-0.4, -0.2) is 46.1 Å². The van der Waals surface area contributed by atoms with Gasteiger partial charge in [-0.25, -0.2) is 14.1 Å². The van der Waals surface area contributed by atoms with Crippen LogP contribution in [0.4, 0.5) is 14.9 Å². The Balaban J connectivity index is 1.80. The van der Waals surface area contributed by atoms with Crippen molar-refractivity contribution in [2.24, 2.45) is 5.92 Å². The zero-order valence-electron chi connectivity index (χ0n) is 19.4. The maximum Gasteiger partial charge on any atom is 0.332 e. The minimum Gasteiger partial charge on any atom is -0.339 e. The summed E-state index contributed by atoms with van der Waals surface area (Å²) in [7, 11) is 0. The molecule has 0 spiro atoms. The molecular weight excluding hydrogens is 512 g/mol. The Morgan fingerprint density at radius 3 is 2.40 bits per heavy atom. The molecule has 4 rings (SSSR count). The van der Waals surface area contributed by atoms with Gasteiger partial charge < -0.3 is 9.80 Å². The number of imide groups is 1. The molecule has 2 heterocycles. The summed E-state index contributed by atoms with van der Waals surface area (Å²) in [6.07, 6.45) is 0. The van der Waals surface area contributed by atoms with Crippen LogP contribution in [0.2, 0.25) is 10.0 Å². The largest absolute Gasteiger partial charge is 0.339 e. The Kier molecular flexibility index (Phi) is 7.45. The van der Waals surface area contributed by atoms with Gasteiger partial charge in [-0.05, 0) is 50.6 Å². The van der Waals surface area contributed by atoms with Gasteiger partial charge >= 0.3 is 6.03 Å². The predicted octanol–water partition coefficient (Wildman–Crippen LogP) is 5.93. The lowest BCUT2D eigenvalue weighted by molar-refractivity contribution is -0.126. The fraction of sp³-hybridized carbons (Fsp3) is 0.320. The predicted molar refractivity (Wildman–Crippen MR) is 137 cm³/mol. The lowest BCUT2D eigenvalue weighted by Crippen LogP contribution is -2.60. The van der Waals surface area contributed by atoms with E-state index in [-0.39, 0.29) is 28.2 Å². The Hall–Kier alpha value is -2.55. The number of anilines is 1. The molecule has 0 radical (unpaired) electrons. The van der Waals surface area contributed by atoms with E-state index in [4.69, 9.17) is 23.2 Å². The summed E-state index contributed by atoms with van der Waals surface area (Å²) in [5.41, 5.74) is 1.16. The molecule has 10 heteroatoms. The second kappa shape index (κ2) is 10.2. The lowest BCUT2D eigenvalue weighted by Gasteiger charge is -2.42. The smallest absolute Gasteiger partial charge is 0.332 e. The van der Waals surface area contributed by atoms with Crippen molar-refractivity contribution < 1.29 is 18.8 Å². The molecule has 0 saturated carbocycles. The zero-order valence-corrected chi connectivity index (χ0v) is 21.8. The van der Waals surface area contributed by atoms with Gasteiger partial charge in [0, 0.05) is 18.7 Å². The molecule has 1 fully saturated rings. The van der Waals surface area contributed by atoms with Crippen molar-refractivity contribution >= 4 is 58.5 Å². The summed E-state index contributed by atoms with van der Waals surface area (Å²) >= 11 is 13.4. The van der Waals surface area contributed by atoms with Gasteiger partial charge in [0.05, 0.1) is 33.1 Å². The summed E-state index contributed by atoms with van der Waals surface area (Å²) in [5, 5.41) is -0.200. The van der Waals surface area contributed by atoms with Crippen LogP contribution in [0.5, 0.6) is 0 Å². The molecule has 2 unspecified atom stereocenters. The van der Waals surface area contributed by atoms with Crippen LogP contribution in [0.25, 0.3) is 0 Å². The molecular formula is C25H24Cl2FN3O3S. The highest BCUT2D eigenvalue weighted by Gasteiger charge is 2.53. The number of carbonyl (C=O) groups is 3. The molecule has 2 aliphatic heterocycles. The van der Waals surface area contributed by atoms with E-state index >= 15 is 0 Å². The van der Waals surface area contributed by atoms with Crippen molar-refractivity contribution in [2.45, 2.75) is 32.7 Å². The number of rotatable bonds is 6. The van der Waals surface area contributed by atoms with Gasteiger partial charge in [0.2, 0.25) is 5.91 Å². The summed E-state index contributed by atoms with van der Waals surface area (Å²) < 4.78 is 14.6. The fourth-order valence-corrected chi connectivity index (χ4v) is 6.19. The number of halogens is 3. The Morgan fingerprint density at radius 2 is 1.77 bits per heavy atom. The first-order valence-electron chi connectivity index (χ1n) is 11.2. The van der Waals surface area contributed by atoms with E-state index in [9.17, 15) is 18.8 Å². The van der Waals surface area contributed by atoms with Crippen molar-refractivity contribution in [2.75, 3.05) is 18.0 Å². The minimum absolute atomic E-state index is 0.0647. The van der Waals surface area contributed by atoms with Crippen LogP contribution in [0.15, 0.2) is 52.9 Å². The molecule has 2 aromatic carbocycles. The van der Waals surface area contributed by atoms with Gasteiger partial charge in [-0.15, -0.1) is 0 Å². The van der Waals surface area contributed by atoms with Crippen LogP contribution >= 0.6 is 35.0 Å². The molecule has 184 valence electrons. The minimum atomic E-state index is -0.770. The van der Waals surface area contributed by atoms with Gasteiger partial charge in [0.15, 0.2) is 0 Å². The number of thioether (sulfide) groups is 1. The zero-order chi connectivity index (χ0) is 25.4. The maximum atomic E-state index is 14.6. The highest BCUT2D eigenvalue weighted by Crippen LogP contribution is 2.49. The molecule has 35 heavy (non-hydrogen) atoms. The van der Waals surface area contributed by atoms with Crippen molar-refractivity contribution in [1.82, 2.24) is 9.80 Å². The van der Waals surface area contributed by atoms with Crippen LogP contribution in [0.1, 0.15) is 26.3 Å². The molecule has 2 aromatic rings. The Labute approximate surface area is 217 Å². The monoisotopic (exact) mass is 535 g/mol. The quantitative estimate of drug-likeness (QED) is 0.459. The molecule has 1 saturated heterocycles. The average Bonchev–Trinajstić information content (AvgIpc) is 3.18. The molecule has 4 amide bonds. The standard InChI is InChI=1S/C25H24Cl2FN3O3S/c1-4-29(5-2)23(33)21-14(3)20-22(32)31(16-10-11-17(26)18(27)12-16)25(34)30(24(20)35-21)13-15-8-6-7-9-19(15)28/h6-12,20,24H,4-5,13H2,1-3H3. The van der Waals surface area contributed by atoms with E-state index < -0.39 is 29.0 Å². The summed E-state index contributed by atoms with van der Waals surface area (Å²) in [5.74, 6) is -1.87. The van der Waals surface area contributed by atoms with E-state index in [0.717, 1.165) is 4.90 Å². The van der Waals surface area contributed by atoms with E-state index in [0.29, 0.717) is 29.1 Å². The number of urea groups is 1. The number of hydrogen-bond donors (Lipinski definition) is 0. The number of carbonyl (C=O) groups excluding carboxylic acids is 3. The van der Waals surface area contributed by atoms with Gasteiger partial charge in [0.1, 0.15) is 11.2 Å². The molecule has 6 nitrogen and oxygen atoms in total. The SMILES string of the molecule is CCN(CC)C(=O)C1=C(C)C2C(=O)N(c3ccc(Cl)c(Cl)c3)C(=O)N(Cc3ccccc3F)C2S1. The first kappa shape index (κ1) is 25.5. The highest BCUT2D eigenvalue weighted by molar-refractivity contribution is 8.04. The van der Waals surface area contributed by atoms with Gasteiger partial charge in [-0.3, -0.25) is 9.59 Å². The number of benzene rings is 2. The topological polar surface area (TPSA) is 60.9 Å². The van der Waals surface area contributed by atoms with Gasteiger partial charge in [0.25, 0.3) is 5.91 Å². The third kappa shape index (κ3) is 4.55. The number of amides is 4. The molecule has 0 aliphatic carbocycles. The summed E-state index contributed by atoms with van der Waals surface area (Å²) in [6.45, 7) is 6.48. The van der Waals surface area contributed by atoms with Crippen molar-refractivity contribution in [3.8, 4) is 0 Å². The van der Waals surface area contributed by atoms with Crippen molar-refractivity contribution in [3.05, 3.63) is 74.4 Å². The number of hydrogen-bond acceptors (Lipinski definition) is 4. The van der Waals surface area contributed by atoms with Crippen LogP contribution in [0.3, 0.4) is 0 Å². The number of nitrogens with zero attached hydrogens (tertiary/aromatic N) is 3. The molecule has 2 atom stereocenters. The number of likely N-dealkylation sites (N-methyl/N-ethyl adjacent to an activating group) is 1. The molecule has 0 bridgehead atoms. The highest BCUT2D eigenvalue weighted by atomic mass is 35.5. The first-order chi connectivity index (χ1) is 16.7. The molecule has 0 N–H and O–H groups in total. The lowest BCUT2D eigenvalue weighted by atomic mass is 9.94. The normalized spacial score (nSPS) is 19.9. The van der Waals surface area contributed by atoms with Crippen molar-refractivity contribution in [3.63, 3.8) is 0 Å². The van der Waals surface area contributed by atoms with Gasteiger partial charge in [-0.1, -0.05) is 53.2 Å². The Bertz CT molecular complexity index is 1230. The van der Waals surface area contributed by atoms with Crippen LogP contribution in [-0.2, 0) is 16.1 Å². The van der Waals surface area contributed by atoms with Gasteiger partial charge in [-0.2, -0.15) is 0 Å². The summed E-state index contributed by atoms with van der Waals surface area (Å²) in [4.78, 5) is 45.3. The second-order valence-corrected chi connectivity index (χ2v) is 10.2. The Morgan fingerprint density at radius 1 is 1.09 bits per heavy atom.